The molecule has 0 N–H and O–H groups in total. The molecule has 0 radical (unpaired) electrons. The van der Waals surface area contributed by atoms with Gasteiger partial charge in [0.1, 0.15) is 16.7 Å². The van der Waals surface area contributed by atoms with E-state index >= 15 is 0 Å². The first kappa shape index (κ1) is 19.6. The highest BCUT2D eigenvalue weighted by Gasteiger charge is 2.17. The molecule has 0 saturated carbocycles. The second-order valence-electron chi connectivity index (χ2n) is 8.49. The highest BCUT2D eigenvalue weighted by molar-refractivity contribution is 6.10. The quantitative estimate of drug-likeness (QED) is 0.267. The lowest BCUT2D eigenvalue weighted by atomic mass is 10.1. The molecule has 166 valence electrons. The summed E-state index contributed by atoms with van der Waals surface area (Å²) >= 11 is 0. The molecule has 5 aromatic carbocycles. The Morgan fingerprint density at radius 2 is 1.11 bits per heavy atom. The van der Waals surface area contributed by atoms with Crippen molar-refractivity contribution in [2.24, 2.45) is 0 Å². The second kappa shape index (κ2) is 7.89. The maximum atomic E-state index is 6.22. The summed E-state index contributed by atoms with van der Waals surface area (Å²) in [6.07, 6.45) is 0. The number of fused-ring (bicyclic) bond motifs is 4. The van der Waals surface area contributed by atoms with E-state index in [1.54, 1.807) is 0 Å². The highest BCUT2D eigenvalue weighted by Crippen LogP contribution is 2.39. The highest BCUT2D eigenvalue weighted by atomic mass is 16.4. The first-order valence-corrected chi connectivity index (χ1v) is 11.6. The smallest absolute Gasteiger partial charge is 0.227 e. The number of oxazole rings is 1. The molecule has 2 aromatic heterocycles. The van der Waals surface area contributed by atoms with Crippen LogP contribution in [-0.4, -0.2) is 4.98 Å². The molecular weight excluding hydrogens is 432 g/mol. The van der Waals surface area contributed by atoms with Crippen LogP contribution in [0.5, 0.6) is 0 Å². The molecule has 2 heterocycles. The van der Waals surface area contributed by atoms with Gasteiger partial charge in [-0.15, -0.1) is 0 Å². The number of aromatic nitrogens is 1. The molecule has 0 spiro atoms. The van der Waals surface area contributed by atoms with Crippen molar-refractivity contribution in [3.8, 4) is 11.5 Å². The van der Waals surface area contributed by atoms with Gasteiger partial charge in [0.25, 0.3) is 0 Å². The van der Waals surface area contributed by atoms with E-state index < -0.39 is 0 Å². The number of furan rings is 1. The third-order valence-corrected chi connectivity index (χ3v) is 6.27. The first-order chi connectivity index (χ1) is 17.3. The van der Waals surface area contributed by atoms with E-state index in [0.29, 0.717) is 11.5 Å². The third kappa shape index (κ3) is 3.35. The van der Waals surface area contributed by atoms with E-state index in [-0.39, 0.29) is 0 Å². The molecule has 4 heteroatoms. The molecule has 0 saturated heterocycles. The molecule has 7 rings (SSSR count). The summed E-state index contributed by atoms with van der Waals surface area (Å²) in [5.74, 6) is 0.609. The van der Waals surface area contributed by atoms with Gasteiger partial charge in [-0.1, -0.05) is 54.6 Å². The maximum Gasteiger partial charge on any atom is 0.227 e. The van der Waals surface area contributed by atoms with Crippen molar-refractivity contribution in [3.63, 3.8) is 0 Å². The summed E-state index contributed by atoms with van der Waals surface area (Å²) in [6.45, 7) is 0. The number of benzene rings is 5. The predicted molar refractivity (Wildman–Crippen MR) is 141 cm³/mol. The van der Waals surface area contributed by atoms with Gasteiger partial charge in [0, 0.05) is 39.5 Å². The van der Waals surface area contributed by atoms with Crippen LogP contribution in [0.25, 0.3) is 44.5 Å². The minimum Gasteiger partial charge on any atom is -0.456 e. The van der Waals surface area contributed by atoms with Crippen LogP contribution in [0.3, 0.4) is 0 Å². The molecule has 0 unspecified atom stereocenters. The van der Waals surface area contributed by atoms with Gasteiger partial charge in [-0.25, -0.2) is 4.98 Å². The Balaban J connectivity index is 1.41. The van der Waals surface area contributed by atoms with Crippen molar-refractivity contribution in [3.05, 3.63) is 121 Å². The van der Waals surface area contributed by atoms with Gasteiger partial charge in [-0.2, -0.15) is 0 Å². The SMILES string of the molecule is c1ccc(-c2nc3cc4c(cc3o2)oc2ccc(N(c3ccccc3)c3ccccc3)cc24)cc1. The van der Waals surface area contributed by atoms with Gasteiger partial charge in [-0.3, -0.25) is 0 Å². The fourth-order valence-corrected chi connectivity index (χ4v) is 4.63. The zero-order valence-corrected chi connectivity index (χ0v) is 18.8. The van der Waals surface area contributed by atoms with Gasteiger partial charge in [0.15, 0.2) is 5.58 Å². The van der Waals surface area contributed by atoms with Gasteiger partial charge < -0.3 is 13.7 Å². The summed E-state index contributed by atoms with van der Waals surface area (Å²) in [7, 11) is 0. The lowest BCUT2D eigenvalue weighted by molar-refractivity contribution is 0.617. The molecule has 0 aliphatic carbocycles. The maximum absolute atomic E-state index is 6.22. The van der Waals surface area contributed by atoms with E-state index in [1.807, 2.05) is 54.6 Å². The number of nitrogens with zero attached hydrogens (tertiary/aromatic N) is 2. The Labute approximate surface area is 201 Å². The molecule has 0 bridgehead atoms. The molecular formula is C31H20N2O2. The molecule has 0 aliphatic heterocycles. The van der Waals surface area contributed by atoms with Gasteiger partial charge in [0.05, 0.1) is 0 Å². The molecule has 0 fully saturated rings. The van der Waals surface area contributed by atoms with E-state index in [0.717, 1.165) is 50.1 Å². The van der Waals surface area contributed by atoms with E-state index in [9.17, 15) is 0 Å². The lowest BCUT2D eigenvalue weighted by Crippen LogP contribution is -2.09. The van der Waals surface area contributed by atoms with Crippen molar-refractivity contribution in [1.82, 2.24) is 4.98 Å². The van der Waals surface area contributed by atoms with Crippen molar-refractivity contribution < 1.29 is 8.83 Å². The minimum atomic E-state index is 0.609. The van der Waals surface area contributed by atoms with E-state index in [1.165, 1.54) is 0 Å². The zero-order valence-electron chi connectivity index (χ0n) is 18.8. The summed E-state index contributed by atoms with van der Waals surface area (Å²) in [4.78, 5) is 7.00. The lowest BCUT2D eigenvalue weighted by Gasteiger charge is -2.25. The number of hydrogen-bond acceptors (Lipinski definition) is 4. The average Bonchev–Trinajstić information content (AvgIpc) is 3.50. The van der Waals surface area contributed by atoms with Crippen LogP contribution in [0.2, 0.25) is 0 Å². The average molecular weight is 453 g/mol. The first-order valence-electron chi connectivity index (χ1n) is 11.6. The summed E-state index contributed by atoms with van der Waals surface area (Å²) < 4.78 is 12.3. The predicted octanol–water partition coefficient (Wildman–Crippen LogP) is 8.86. The molecule has 0 aliphatic rings. The fraction of sp³-hybridized carbons (Fsp3) is 0. The summed E-state index contributed by atoms with van der Waals surface area (Å²) in [6, 6.07) is 41.0. The van der Waals surface area contributed by atoms with Crippen LogP contribution >= 0.6 is 0 Å². The Bertz CT molecular complexity index is 1750. The number of rotatable bonds is 4. The molecule has 4 nitrogen and oxygen atoms in total. The van der Waals surface area contributed by atoms with Crippen molar-refractivity contribution in [1.29, 1.82) is 0 Å². The number of hydrogen-bond donors (Lipinski definition) is 0. The summed E-state index contributed by atoms with van der Waals surface area (Å²) in [5, 5.41) is 2.06. The van der Waals surface area contributed by atoms with Crippen LogP contribution in [0, 0.1) is 0 Å². The van der Waals surface area contributed by atoms with E-state index in [4.69, 9.17) is 13.8 Å². The van der Waals surface area contributed by atoms with Gasteiger partial charge >= 0.3 is 0 Å². The standard InChI is InChI=1S/C31H20N2O2/c1-4-10-21(11-5-1)31-32-27-19-26-25-18-24(16-17-28(25)34-29(26)20-30(27)35-31)33(22-12-6-2-7-13-22)23-14-8-3-9-15-23/h1-20H. The van der Waals surface area contributed by atoms with Crippen LogP contribution in [0.1, 0.15) is 0 Å². The van der Waals surface area contributed by atoms with Crippen molar-refractivity contribution in [2.75, 3.05) is 4.90 Å². The number of anilines is 3. The topological polar surface area (TPSA) is 42.4 Å². The molecule has 0 atom stereocenters. The zero-order chi connectivity index (χ0) is 23.2. The van der Waals surface area contributed by atoms with E-state index in [2.05, 4.69) is 71.6 Å². The molecule has 7 aromatic rings. The Kier molecular flexibility index (Phi) is 4.42. The molecule has 35 heavy (non-hydrogen) atoms. The Morgan fingerprint density at radius 3 is 1.80 bits per heavy atom. The normalized spacial score (nSPS) is 11.4. The monoisotopic (exact) mass is 452 g/mol. The second-order valence-corrected chi connectivity index (χ2v) is 8.49. The van der Waals surface area contributed by atoms with Crippen LogP contribution in [0.15, 0.2) is 130 Å². The van der Waals surface area contributed by atoms with Crippen LogP contribution < -0.4 is 4.90 Å². The van der Waals surface area contributed by atoms with Crippen molar-refractivity contribution in [2.45, 2.75) is 0 Å². The fourth-order valence-electron chi connectivity index (χ4n) is 4.63. The van der Waals surface area contributed by atoms with Gasteiger partial charge in [0.2, 0.25) is 5.89 Å². The molecule has 0 amide bonds. The Hall–Kier alpha value is -4.83. The van der Waals surface area contributed by atoms with Crippen LogP contribution in [0.4, 0.5) is 17.1 Å². The third-order valence-electron chi connectivity index (χ3n) is 6.27. The summed E-state index contributed by atoms with van der Waals surface area (Å²) in [5.41, 5.74) is 7.34. The van der Waals surface area contributed by atoms with Crippen molar-refractivity contribution >= 4 is 50.1 Å². The number of para-hydroxylation sites is 2. The largest absolute Gasteiger partial charge is 0.456 e. The minimum absolute atomic E-state index is 0.609. The Morgan fingerprint density at radius 1 is 0.486 bits per heavy atom. The van der Waals surface area contributed by atoms with Gasteiger partial charge in [-0.05, 0) is 60.7 Å². The van der Waals surface area contributed by atoms with Crippen LogP contribution in [-0.2, 0) is 0 Å².